The number of guanidine groups is 1. The van der Waals surface area contributed by atoms with E-state index in [0.29, 0.717) is 18.0 Å². The molecule has 0 radical (unpaired) electrons. The summed E-state index contributed by atoms with van der Waals surface area (Å²) in [5.74, 6) is 1.48. The van der Waals surface area contributed by atoms with Gasteiger partial charge in [0.15, 0.2) is 5.96 Å². The monoisotopic (exact) mass is 339 g/mol. The third kappa shape index (κ3) is 4.03. The Labute approximate surface area is 150 Å². The number of aliphatic imine (C=N–C) groups is 1. The van der Waals surface area contributed by atoms with Gasteiger partial charge < -0.3 is 10.6 Å². The van der Waals surface area contributed by atoms with E-state index in [0.717, 1.165) is 18.1 Å². The van der Waals surface area contributed by atoms with E-state index in [-0.39, 0.29) is 0 Å². The van der Waals surface area contributed by atoms with Gasteiger partial charge in [0.05, 0.1) is 5.69 Å². The summed E-state index contributed by atoms with van der Waals surface area (Å²) in [5, 5.41) is 11.6. The molecule has 1 aliphatic carbocycles. The molecule has 1 aromatic carbocycles. The van der Waals surface area contributed by atoms with Gasteiger partial charge in [-0.05, 0) is 44.7 Å². The fourth-order valence-electron chi connectivity index (χ4n) is 3.47. The average Bonchev–Trinajstić information content (AvgIpc) is 3.33. The maximum Gasteiger partial charge on any atom is 0.191 e. The van der Waals surface area contributed by atoms with Gasteiger partial charge in [-0.2, -0.15) is 5.10 Å². The van der Waals surface area contributed by atoms with Crippen molar-refractivity contribution in [3.8, 4) is 0 Å². The topological polar surface area (TPSA) is 54.2 Å². The molecule has 0 saturated heterocycles. The van der Waals surface area contributed by atoms with Crippen LogP contribution in [-0.4, -0.2) is 34.9 Å². The maximum atomic E-state index is 4.51. The van der Waals surface area contributed by atoms with Crippen molar-refractivity contribution in [3.05, 3.63) is 52.8 Å². The second-order valence-electron chi connectivity index (χ2n) is 7.10. The van der Waals surface area contributed by atoms with Crippen LogP contribution in [-0.2, 0) is 13.5 Å². The molecule has 1 fully saturated rings. The predicted molar refractivity (Wildman–Crippen MR) is 103 cm³/mol. The largest absolute Gasteiger partial charge is 0.354 e. The number of nitrogens with one attached hydrogen (secondary N) is 2. The van der Waals surface area contributed by atoms with Gasteiger partial charge in [-0.3, -0.25) is 9.67 Å². The molecule has 134 valence electrons. The summed E-state index contributed by atoms with van der Waals surface area (Å²) in [4.78, 5) is 4.40. The maximum absolute atomic E-state index is 4.51. The number of rotatable bonds is 5. The summed E-state index contributed by atoms with van der Waals surface area (Å²) in [6.07, 6.45) is 2.11. The Morgan fingerprint density at radius 1 is 1.32 bits per heavy atom. The molecule has 2 N–H and O–H groups in total. The van der Waals surface area contributed by atoms with Crippen molar-refractivity contribution in [2.24, 2.45) is 12.0 Å². The Morgan fingerprint density at radius 3 is 2.64 bits per heavy atom. The van der Waals surface area contributed by atoms with Gasteiger partial charge in [-0.25, -0.2) is 0 Å². The summed E-state index contributed by atoms with van der Waals surface area (Å²) in [7, 11) is 3.84. The molecule has 1 heterocycles. The number of nitrogens with zero attached hydrogens (tertiary/aromatic N) is 3. The molecule has 2 aromatic rings. The van der Waals surface area contributed by atoms with Crippen molar-refractivity contribution in [3.63, 3.8) is 0 Å². The van der Waals surface area contributed by atoms with E-state index in [2.05, 4.69) is 71.8 Å². The molecule has 0 amide bonds. The second-order valence-corrected chi connectivity index (χ2v) is 7.10. The van der Waals surface area contributed by atoms with Gasteiger partial charge in [-0.1, -0.05) is 30.3 Å². The van der Waals surface area contributed by atoms with Crippen molar-refractivity contribution in [2.75, 3.05) is 7.05 Å². The number of aromatic nitrogens is 2. The van der Waals surface area contributed by atoms with Gasteiger partial charge in [0.25, 0.3) is 0 Å². The van der Waals surface area contributed by atoms with E-state index in [1.54, 1.807) is 0 Å². The minimum absolute atomic E-state index is 0.293. The first-order valence-electron chi connectivity index (χ1n) is 9.03. The molecule has 3 atom stereocenters. The van der Waals surface area contributed by atoms with Gasteiger partial charge in [0.1, 0.15) is 0 Å². The summed E-state index contributed by atoms with van der Waals surface area (Å²) in [6.45, 7) is 6.40. The number of aryl methyl sites for hydroxylation is 2. The van der Waals surface area contributed by atoms with Crippen LogP contribution in [0.25, 0.3) is 0 Å². The predicted octanol–water partition coefficient (Wildman–Crippen LogP) is 2.69. The minimum atomic E-state index is 0.293. The molecule has 1 aromatic heterocycles. The normalized spacial score (nSPS) is 21.1. The van der Waals surface area contributed by atoms with E-state index in [1.165, 1.54) is 23.2 Å². The Morgan fingerprint density at radius 2 is 2.04 bits per heavy atom. The first-order chi connectivity index (χ1) is 12.0. The smallest absolute Gasteiger partial charge is 0.191 e. The molecule has 0 spiro atoms. The van der Waals surface area contributed by atoms with Crippen LogP contribution < -0.4 is 10.6 Å². The minimum Gasteiger partial charge on any atom is -0.354 e. The Kier molecular flexibility index (Phi) is 5.11. The highest BCUT2D eigenvalue weighted by Crippen LogP contribution is 2.40. The van der Waals surface area contributed by atoms with Crippen molar-refractivity contribution in [1.29, 1.82) is 0 Å². The van der Waals surface area contributed by atoms with E-state index in [1.807, 2.05) is 18.8 Å². The fraction of sp³-hybridized carbons (Fsp3) is 0.500. The van der Waals surface area contributed by atoms with E-state index < -0.39 is 0 Å². The van der Waals surface area contributed by atoms with Crippen LogP contribution >= 0.6 is 0 Å². The Bertz CT molecular complexity index is 747. The van der Waals surface area contributed by atoms with Crippen LogP contribution in [0, 0.1) is 13.8 Å². The molecule has 0 aliphatic heterocycles. The Balaban J connectivity index is 1.54. The van der Waals surface area contributed by atoms with Crippen molar-refractivity contribution in [2.45, 2.75) is 51.6 Å². The highest BCUT2D eigenvalue weighted by Gasteiger charge is 2.38. The quantitative estimate of drug-likeness (QED) is 0.650. The van der Waals surface area contributed by atoms with Crippen LogP contribution in [0.2, 0.25) is 0 Å². The summed E-state index contributed by atoms with van der Waals surface area (Å²) in [6, 6.07) is 11.5. The van der Waals surface area contributed by atoms with Crippen LogP contribution in [0.15, 0.2) is 35.3 Å². The zero-order valence-electron chi connectivity index (χ0n) is 15.9. The van der Waals surface area contributed by atoms with E-state index in [4.69, 9.17) is 0 Å². The average molecular weight is 339 g/mol. The molecule has 0 bridgehead atoms. The molecule has 3 unspecified atom stereocenters. The Hall–Kier alpha value is -2.30. The van der Waals surface area contributed by atoms with Gasteiger partial charge in [0, 0.05) is 37.8 Å². The number of hydrogen-bond donors (Lipinski definition) is 2. The first-order valence-corrected chi connectivity index (χ1v) is 9.03. The number of benzene rings is 1. The highest BCUT2D eigenvalue weighted by atomic mass is 15.3. The molecular weight excluding hydrogens is 310 g/mol. The molecule has 5 nitrogen and oxygen atoms in total. The van der Waals surface area contributed by atoms with Crippen LogP contribution in [0.4, 0.5) is 0 Å². The van der Waals surface area contributed by atoms with Crippen molar-refractivity contribution >= 4 is 5.96 Å². The van der Waals surface area contributed by atoms with Crippen molar-refractivity contribution in [1.82, 2.24) is 20.4 Å². The van der Waals surface area contributed by atoms with Gasteiger partial charge >= 0.3 is 0 Å². The molecule has 5 heteroatoms. The SMILES string of the molecule is CN=C(NC(C)Cc1c(C)nn(C)c1C)NC1CC1c1ccccc1. The lowest BCUT2D eigenvalue weighted by Gasteiger charge is -2.18. The lowest BCUT2D eigenvalue weighted by molar-refractivity contribution is 0.633. The van der Waals surface area contributed by atoms with E-state index in [9.17, 15) is 0 Å². The number of hydrogen-bond acceptors (Lipinski definition) is 2. The standard InChI is InChI=1S/C20H29N5/c1-13(11-17-14(2)24-25(5)15(17)3)22-20(21-4)23-19-12-18(19)16-9-7-6-8-10-16/h6-10,13,18-19H,11-12H2,1-5H3,(H2,21,22,23). The third-order valence-corrected chi connectivity index (χ3v) is 5.12. The van der Waals surface area contributed by atoms with Crippen LogP contribution in [0.5, 0.6) is 0 Å². The summed E-state index contributed by atoms with van der Waals surface area (Å²) < 4.78 is 1.96. The highest BCUT2D eigenvalue weighted by molar-refractivity contribution is 5.80. The summed E-state index contributed by atoms with van der Waals surface area (Å²) >= 11 is 0. The molecule has 1 aliphatic rings. The fourth-order valence-corrected chi connectivity index (χ4v) is 3.47. The third-order valence-electron chi connectivity index (χ3n) is 5.12. The zero-order valence-corrected chi connectivity index (χ0v) is 15.9. The molecular formula is C20H29N5. The van der Waals surface area contributed by atoms with Crippen LogP contribution in [0.3, 0.4) is 0 Å². The molecule has 25 heavy (non-hydrogen) atoms. The van der Waals surface area contributed by atoms with Gasteiger partial charge in [-0.15, -0.1) is 0 Å². The van der Waals surface area contributed by atoms with E-state index >= 15 is 0 Å². The lowest BCUT2D eigenvalue weighted by atomic mass is 10.1. The molecule has 1 saturated carbocycles. The van der Waals surface area contributed by atoms with Crippen molar-refractivity contribution < 1.29 is 0 Å². The molecule has 3 rings (SSSR count). The lowest BCUT2D eigenvalue weighted by Crippen LogP contribution is -2.44. The zero-order chi connectivity index (χ0) is 18.0. The van der Waals surface area contributed by atoms with Crippen LogP contribution in [0.1, 0.15) is 41.8 Å². The second kappa shape index (κ2) is 7.30. The first kappa shape index (κ1) is 17.5. The van der Waals surface area contributed by atoms with Gasteiger partial charge in [0.2, 0.25) is 0 Å². The summed E-state index contributed by atoms with van der Waals surface area (Å²) in [5.41, 5.74) is 5.08.